The molecule has 0 aromatic heterocycles. The van der Waals surface area contributed by atoms with Gasteiger partial charge in [0.15, 0.2) is 0 Å². The minimum absolute atomic E-state index is 0.344. The van der Waals surface area contributed by atoms with Crippen molar-refractivity contribution in [2.24, 2.45) is 11.7 Å². The summed E-state index contributed by atoms with van der Waals surface area (Å²) in [4.78, 5) is 0. The van der Waals surface area contributed by atoms with Crippen molar-refractivity contribution in [2.75, 3.05) is 5.73 Å². The number of fused-ring (bicyclic) bond motifs is 1. The van der Waals surface area contributed by atoms with Crippen LogP contribution in [-0.2, 0) is 12.8 Å². The Labute approximate surface area is 101 Å². The number of rotatable bonds is 2. The van der Waals surface area contributed by atoms with Gasteiger partial charge in [-0.25, -0.2) is 0 Å². The topological polar surface area (TPSA) is 52.0 Å². The molecule has 1 aromatic rings. The fraction of sp³-hybridized carbons (Fsp3) is 0.200. The van der Waals surface area contributed by atoms with Crippen LogP contribution in [0.15, 0.2) is 42.1 Å². The monoisotopic (exact) mass is 224 g/mol. The molecule has 2 nitrogen and oxygen atoms in total. The Kier molecular flexibility index (Phi) is 2.29. The van der Waals surface area contributed by atoms with E-state index in [-0.39, 0.29) is 0 Å². The third-order valence-electron chi connectivity index (χ3n) is 3.59. The highest BCUT2D eigenvalue weighted by Crippen LogP contribution is 2.31. The number of nitrogens with two attached hydrogens (primary N) is 2. The Bertz CT molecular complexity index is 550. The predicted octanol–water partition coefficient (Wildman–Crippen LogP) is 2.41. The van der Waals surface area contributed by atoms with Gasteiger partial charge in [0.2, 0.25) is 0 Å². The highest BCUT2D eigenvalue weighted by Gasteiger charge is 2.17. The molecule has 17 heavy (non-hydrogen) atoms. The second kappa shape index (κ2) is 3.81. The van der Waals surface area contributed by atoms with Gasteiger partial charge in [0, 0.05) is 17.3 Å². The van der Waals surface area contributed by atoms with Crippen LogP contribution < -0.4 is 11.5 Å². The molecule has 1 atom stereocenters. The number of benzene rings is 1. The van der Waals surface area contributed by atoms with Gasteiger partial charge in [-0.05, 0) is 41.7 Å². The molecule has 0 bridgehead atoms. The Balaban J connectivity index is 1.94. The summed E-state index contributed by atoms with van der Waals surface area (Å²) in [5, 5.41) is 0. The number of anilines is 1. The van der Waals surface area contributed by atoms with E-state index in [2.05, 4.69) is 24.3 Å². The van der Waals surface area contributed by atoms with Gasteiger partial charge >= 0.3 is 0 Å². The molecule has 2 aliphatic carbocycles. The smallest absolute Gasteiger partial charge is 0.0355 e. The van der Waals surface area contributed by atoms with Crippen LogP contribution in [0.25, 0.3) is 6.08 Å². The van der Waals surface area contributed by atoms with Crippen LogP contribution in [0, 0.1) is 5.92 Å². The molecule has 0 saturated carbocycles. The van der Waals surface area contributed by atoms with E-state index in [1.807, 2.05) is 18.2 Å². The van der Waals surface area contributed by atoms with Crippen molar-refractivity contribution in [1.82, 2.24) is 0 Å². The summed E-state index contributed by atoms with van der Waals surface area (Å²) < 4.78 is 0. The van der Waals surface area contributed by atoms with E-state index in [4.69, 9.17) is 11.5 Å². The number of hydrogen-bond donors (Lipinski definition) is 2. The number of allylic oxidation sites excluding steroid dienone is 4. The Morgan fingerprint density at radius 3 is 2.88 bits per heavy atom. The number of hydrogen-bond acceptors (Lipinski definition) is 2. The molecule has 3 rings (SSSR count). The van der Waals surface area contributed by atoms with E-state index in [0.717, 1.165) is 24.2 Å². The van der Waals surface area contributed by atoms with Gasteiger partial charge in [-0.15, -0.1) is 0 Å². The minimum atomic E-state index is 0.344. The van der Waals surface area contributed by atoms with Crippen LogP contribution >= 0.6 is 0 Å². The Morgan fingerprint density at radius 2 is 2.12 bits per heavy atom. The molecule has 1 unspecified atom stereocenters. The lowest BCUT2D eigenvalue weighted by atomic mass is 9.93. The van der Waals surface area contributed by atoms with E-state index in [0.29, 0.717) is 5.92 Å². The van der Waals surface area contributed by atoms with Crippen LogP contribution in [0.5, 0.6) is 0 Å². The zero-order chi connectivity index (χ0) is 11.8. The van der Waals surface area contributed by atoms with Crippen molar-refractivity contribution in [3.05, 3.63) is 58.8 Å². The van der Waals surface area contributed by atoms with Gasteiger partial charge in [-0.3, -0.25) is 0 Å². The molecule has 2 heteroatoms. The zero-order valence-corrected chi connectivity index (χ0v) is 9.69. The first-order valence-corrected chi connectivity index (χ1v) is 5.96. The fourth-order valence-electron chi connectivity index (χ4n) is 2.60. The van der Waals surface area contributed by atoms with E-state index in [1.165, 1.54) is 16.7 Å². The summed E-state index contributed by atoms with van der Waals surface area (Å²) in [5.41, 5.74) is 17.7. The lowest BCUT2D eigenvalue weighted by Gasteiger charge is -2.14. The SMILES string of the molecule is NC1=CC=CC1Cc1ccc(N)c2c1C=CC2. The van der Waals surface area contributed by atoms with Crippen LogP contribution in [0.1, 0.15) is 16.7 Å². The quantitative estimate of drug-likeness (QED) is 0.758. The summed E-state index contributed by atoms with van der Waals surface area (Å²) in [6.07, 6.45) is 12.5. The molecule has 1 aromatic carbocycles. The molecule has 0 amide bonds. The summed E-state index contributed by atoms with van der Waals surface area (Å²) in [6.45, 7) is 0. The Morgan fingerprint density at radius 1 is 1.24 bits per heavy atom. The molecule has 0 radical (unpaired) electrons. The average Bonchev–Trinajstić information content (AvgIpc) is 2.93. The fourth-order valence-corrected chi connectivity index (χ4v) is 2.60. The van der Waals surface area contributed by atoms with Crippen molar-refractivity contribution >= 4 is 11.8 Å². The van der Waals surface area contributed by atoms with Crippen LogP contribution in [0.4, 0.5) is 5.69 Å². The molecule has 0 saturated heterocycles. The maximum Gasteiger partial charge on any atom is 0.0355 e. The Hall–Kier alpha value is -1.96. The normalized spacial score (nSPS) is 20.7. The summed E-state index contributed by atoms with van der Waals surface area (Å²) in [7, 11) is 0. The minimum Gasteiger partial charge on any atom is -0.402 e. The largest absolute Gasteiger partial charge is 0.402 e. The standard InChI is InChI=1S/C15H16N2/c16-14-6-1-3-11(14)9-10-7-8-15(17)13-5-2-4-12(10)13/h1-4,6-8,11H,5,9,16-17H2. The van der Waals surface area contributed by atoms with Gasteiger partial charge < -0.3 is 11.5 Å². The molecular weight excluding hydrogens is 208 g/mol. The maximum atomic E-state index is 5.99. The van der Waals surface area contributed by atoms with E-state index < -0.39 is 0 Å². The van der Waals surface area contributed by atoms with Gasteiger partial charge in [-0.2, -0.15) is 0 Å². The van der Waals surface area contributed by atoms with E-state index in [1.54, 1.807) is 0 Å². The van der Waals surface area contributed by atoms with Crippen LogP contribution in [0.2, 0.25) is 0 Å². The van der Waals surface area contributed by atoms with Crippen molar-refractivity contribution in [2.45, 2.75) is 12.8 Å². The summed E-state index contributed by atoms with van der Waals surface area (Å²) >= 11 is 0. The molecule has 86 valence electrons. The molecular formula is C15H16N2. The lowest BCUT2D eigenvalue weighted by Crippen LogP contribution is -2.11. The molecule has 0 spiro atoms. The summed E-state index contributed by atoms with van der Waals surface area (Å²) in [6, 6.07) is 4.14. The first kappa shape index (κ1) is 10.2. The van der Waals surface area contributed by atoms with E-state index >= 15 is 0 Å². The molecule has 4 N–H and O–H groups in total. The highest BCUT2D eigenvalue weighted by atomic mass is 14.6. The predicted molar refractivity (Wildman–Crippen MR) is 72.2 cm³/mol. The van der Waals surface area contributed by atoms with E-state index in [9.17, 15) is 0 Å². The van der Waals surface area contributed by atoms with Crippen LogP contribution in [-0.4, -0.2) is 0 Å². The third kappa shape index (κ3) is 1.66. The van der Waals surface area contributed by atoms with Gasteiger partial charge in [0.05, 0.1) is 0 Å². The second-order valence-corrected chi connectivity index (χ2v) is 4.67. The maximum absolute atomic E-state index is 5.99. The van der Waals surface area contributed by atoms with Crippen molar-refractivity contribution in [3.63, 3.8) is 0 Å². The molecule has 0 fully saturated rings. The zero-order valence-electron chi connectivity index (χ0n) is 9.69. The number of nitrogen functional groups attached to an aromatic ring is 1. The average molecular weight is 224 g/mol. The molecule has 0 heterocycles. The second-order valence-electron chi connectivity index (χ2n) is 4.67. The molecule has 2 aliphatic rings. The van der Waals surface area contributed by atoms with Crippen molar-refractivity contribution in [3.8, 4) is 0 Å². The first-order valence-electron chi connectivity index (χ1n) is 5.96. The van der Waals surface area contributed by atoms with Gasteiger partial charge in [-0.1, -0.05) is 30.4 Å². The summed E-state index contributed by atoms with van der Waals surface area (Å²) in [5.74, 6) is 0.344. The van der Waals surface area contributed by atoms with Crippen molar-refractivity contribution in [1.29, 1.82) is 0 Å². The molecule has 0 aliphatic heterocycles. The first-order chi connectivity index (χ1) is 8.25. The lowest BCUT2D eigenvalue weighted by molar-refractivity contribution is 0.754. The highest BCUT2D eigenvalue weighted by molar-refractivity contribution is 5.70. The van der Waals surface area contributed by atoms with Gasteiger partial charge in [0.25, 0.3) is 0 Å². The van der Waals surface area contributed by atoms with Crippen LogP contribution in [0.3, 0.4) is 0 Å². The van der Waals surface area contributed by atoms with Crippen molar-refractivity contribution < 1.29 is 0 Å². The van der Waals surface area contributed by atoms with Gasteiger partial charge in [0.1, 0.15) is 0 Å². The third-order valence-corrected chi connectivity index (χ3v) is 3.59.